The first kappa shape index (κ1) is 22.4. The minimum Gasteiger partial charge on any atom is -0.507 e. The van der Waals surface area contributed by atoms with Crippen molar-refractivity contribution in [2.45, 2.75) is 6.04 Å². The quantitative estimate of drug-likeness (QED) is 0.320. The van der Waals surface area contributed by atoms with Gasteiger partial charge in [-0.2, -0.15) is 0 Å². The van der Waals surface area contributed by atoms with Gasteiger partial charge in [0.15, 0.2) is 0 Å². The second kappa shape index (κ2) is 8.96. The van der Waals surface area contributed by atoms with Crippen LogP contribution in [-0.2, 0) is 9.59 Å². The highest BCUT2D eigenvalue weighted by molar-refractivity contribution is 6.52. The predicted octanol–water partition coefficient (Wildman–Crippen LogP) is 5.12. The van der Waals surface area contributed by atoms with Gasteiger partial charge in [0.1, 0.15) is 23.1 Å². The zero-order valence-corrected chi connectivity index (χ0v) is 18.5. The van der Waals surface area contributed by atoms with Gasteiger partial charge in [0.05, 0.1) is 30.9 Å². The maximum Gasteiger partial charge on any atom is 0.300 e. The van der Waals surface area contributed by atoms with E-state index >= 15 is 0 Å². The van der Waals surface area contributed by atoms with Gasteiger partial charge in [-0.25, -0.2) is 4.39 Å². The van der Waals surface area contributed by atoms with Crippen LogP contribution in [0.25, 0.3) is 5.76 Å². The first-order valence-corrected chi connectivity index (χ1v) is 10.3. The maximum atomic E-state index is 13.6. The Morgan fingerprint density at radius 3 is 2.30 bits per heavy atom. The van der Waals surface area contributed by atoms with Crippen molar-refractivity contribution in [1.82, 2.24) is 0 Å². The molecule has 1 atom stereocenters. The molecule has 0 aliphatic carbocycles. The van der Waals surface area contributed by atoms with Gasteiger partial charge < -0.3 is 14.6 Å². The van der Waals surface area contributed by atoms with Crippen LogP contribution in [0.4, 0.5) is 10.1 Å². The molecule has 1 aliphatic rings. The molecule has 0 aromatic heterocycles. The number of benzene rings is 3. The largest absolute Gasteiger partial charge is 0.507 e. The number of anilines is 1. The van der Waals surface area contributed by atoms with Gasteiger partial charge in [-0.3, -0.25) is 14.5 Å². The van der Waals surface area contributed by atoms with Crippen molar-refractivity contribution in [2.75, 3.05) is 19.1 Å². The van der Waals surface area contributed by atoms with Crippen LogP contribution in [0, 0.1) is 5.82 Å². The van der Waals surface area contributed by atoms with E-state index in [1.54, 1.807) is 30.3 Å². The Hall–Kier alpha value is -3.84. The Morgan fingerprint density at radius 1 is 0.970 bits per heavy atom. The van der Waals surface area contributed by atoms with Crippen LogP contribution in [0.3, 0.4) is 0 Å². The van der Waals surface area contributed by atoms with E-state index in [1.165, 1.54) is 55.5 Å². The van der Waals surface area contributed by atoms with Gasteiger partial charge in [0.2, 0.25) is 0 Å². The molecule has 1 N–H and O–H groups in total. The molecule has 3 aromatic carbocycles. The number of ether oxygens (including phenoxy) is 2. The van der Waals surface area contributed by atoms with E-state index < -0.39 is 29.3 Å². The van der Waals surface area contributed by atoms with Crippen molar-refractivity contribution in [3.05, 3.63) is 94.3 Å². The highest BCUT2D eigenvalue weighted by Crippen LogP contribution is 2.43. The normalized spacial score (nSPS) is 17.3. The van der Waals surface area contributed by atoms with Crippen molar-refractivity contribution in [3.8, 4) is 11.5 Å². The van der Waals surface area contributed by atoms with E-state index in [1.807, 2.05) is 0 Å². The van der Waals surface area contributed by atoms with Crippen molar-refractivity contribution in [2.24, 2.45) is 0 Å². The molecule has 1 fully saturated rings. The minimum atomic E-state index is -1.03. The molecule has 3 aromatic rings. The lowest BCUT2D eigenvalue weighted by molar-refractivity contribution is -0.132. The monoisotopic (exact) mass is 467 g/mol. The van der Waals surface area contributed by atoms with Crippen LogP contribution in [-0.4, -0.2) is 31.0 Å². The number of ketones is 1. The molecule has 0 radical (unpaired) electrons. The second-order valence-corrected chi connectivity index (χ2v) is 7.68. The third-order valence-corrected chi connectivity index (χ3v) is 5.72. The Balaban J connectivity index is 1.97. The predicted molar refractivity (Wildman–Crippen MR) is 122 cm³/mol. The molecule has 33 heavy (non-hydrogen) atoms. The lowest BCUT2D eigenvalue weighted by Gasteiger charge is -2.25. The molecule has 0 saturated carbocycles. The standard InChI is InChI=1S/C25H19ClFNO5/c1-32-17-5-3-4-16(12-17)28-22(14-6-8-15(27)9-7-14)21(24(30)25(28)31)23(29)19-13-18(33-2)10-11-20(19)26/h3-13,22,29H,1-2H3/b23-21+. The van der Waals surface area contributed by atoms with E-state index in [0.29, 0.717) is 22.7 Å². The van der Waals surface area contributed by atoms with Gasteiger partial charge >= 0.3 is 0 Å². The number of carbonyl (C=O) groups excluding carboxylic acids is 2. The average molecular weight is 468 g/mol. The number of methoxy groups -OCH3 is 2. The first-order valence-electron chi connectivity index (χ1n) is 9.90. The number of aliphatic hydroxyl groups excluding tert-OH is 1. The summed E-state index contributed by atoms with van der Waals surface area (Å²) in [7, 11) is 2.93. The molecule has 6 nitrogen and oxygen atoms in total. The van der Waals surface area contributed by atoms with E-state index in [2.05, 4.69) is 0 Å². The number of halogens is 2. The van der Waals surface area contributed by atoms with Gasteiger partial charge in [0.25, 0.3) is 11.7 Å². The van der Waals surface area contributed by atoms with Crippen LogP contribution < -0.4 is 14.4 Å². The topological polar surface area (TPSA) is 76.1 Å². The fraction of sp³-hybridized carbons (Fsp3) is 0.120. The smallest absolute Gasteiger partial charge is 0.300 e. The number of hydrogen-bond donors (Lipinski definition) is 1. The number of rotatable bonds is 5. The van der Waals surface area contributed by atoms with Gasteiger partial charge in [0, 0.05) is 17.3 Å². The molecular weight excluding hydrogens is 449 g/mol. The third kappa shape index (κ3) is 4.03. The molecule has 0 bridgehead atoms. The van der Waals surface area contributed by atoms with Gasteiger partial charge in [-0.15, -0.1) is 0 Å². The molecule has 1 saturated heterocycles. The Labute approximate surface area is 194 Å². The fourth-order valence-electron chi connectivity index (χ4n) is 3.78. The Bertz CT molecular complexity index is 1270. The molecule has 1 amide bonds. The number of amides is 1. The fourth-order valence-corrected chi connectivity index (χ4v) is 3.98. The third-order valence-electron chi connectivity index (χ3n) is 5.39. The number of hydrogen-bond acceptors (Lipinski definition) is 5. The van der Waals surface area contributed by atoms with Crippen LogP contribution in [0.2, 0.25) is 5.02 Å². The van der Waals surface area contributed by atoms with Crippen LogP contribution in [0.5, 0.6) is 11.5 Å². The van der Waals surface area contributed by atoms with E-state index in [-0.39, 0.29) is 16.2 Å². The van der Waals surface area contributed by atoms with Gasteiger partial charge in [-0.1, -0.05) is 29.8 Å². The van der Waals surface area contributed by atoms with Crippen molar-refractivity contribution in [1.29, 1.82) is 0 Å². The molecule has 4 rings (SSSR count). The molecular formula is C25H19ClFNO5. The number of carbonyl (C=O) groups is 2. The molecule has 8 heteroatoms. The summed E-state index contributed by atoms with van der Waals surface area (Å²) in [4.78, 5) is 27.6. The highest BCUT2D eigenvalue weighted by Gasteiger charge is 2.47. The molecule has 1 heterocycles. The summed E-state index contributed by atoms with van der Waals surface area (Å²) < 4.78 is 24.1. The lowest BCUT2D eigenvalue weighted by Crippen LogP contribution is -2.29. The van der Waals surface area contributed by atoms with Crippen molar-refractivity contribution >= 4 is 34.7 Å². The lowest BCUT2D eigenvalue weighted by atomic mass is 9.95. The summed E-state index contributed by atoms with van der Waals surface area (Å²) in [6.07, 6.45) is 0. The summed E-state index contributed by atoms with van der Waals surface area (Å²) in [6, 6.07) is 15.5. The van der Waals surface area contributed by atoms with E-state index in [4.69, 9.17) is 21.1 Å². The molecule has 1 unspecified atom stereocenters. The van der Waals surface area contributed by atoms with Crippen LogP contribution in [0.1, 0.15) is 17.2 Å². The van der Waals surface area contributed by atoms with Crippen molar-refractivity contribution < 1.29 is 28.6 Å². The summed E-state index contributed by atoms with van der Waals surface area (Å²) >= 11 is 6.29. The van der Waals surface area contributed by atoms with Crippen molar-refractivity contribution in [3.63, 3.8) is 0 Å². The van der Waals surface area contributed by atoms with E-state index in [0.717, 1.165) is 0 Å². The second-order valence-electron chi connectivity index (χ2n) is 7.27. The first-order chi connectivity index (χ1) is 15.8. The maximum absolute atomic E-state index is 13.6. The van der Waals surface area contributed by atoms with E-state index in [9.17, 15) is 19.1 Å². The zero-order chi connectivity index (χ0) is 23.7. The number of Topliss-reactive ketones (excluding diaryl/α,β-unsaturated/α-hetero) is 1. The summed E-state index contributed by atoms with van der Waals surface area (Å²) in [5.74, 6) is -1.81. The van der Waals surface area contributed by atoms with Crippen LogP contribution >= 0.6 is 11.6 Å². The molecule has 0 spiro atoms. The summed E-state index contributed by atoms with van der Waals surface area (Å²) in [5, 5.41) is 11.4. The SMILES string of the molecule is COc1cccc(N2C(=O)C(=O)/C(=C(/O)c3cc(OC)ccc3Cl)C2c2ccc(F)cc2)c1. The minimum absolute atomic E-state index is 0.131. The van der Waals surface area contributed by atoms with Crippen LogP contribution in [0.15, 0.2) is 72.3 Å². The van der Waals surface area contributed by atoms with Gasteiger partial charge in [-0.05, 0) is 48.0 Å². The number of aliphatic hydroxyl groups is 1. The average Bonchev–Trinajstić information content (AvgIpc) is 3.10. The Morgan fingerprint density at radius 2 is 1.64 bits per heavy atom. The zero-order valence-electron chi connectivity index (χ0n) is 17.7. The Kier molecular flexibility index (Phi) is 6.07. The summed E-state index contributed by atoms with van der Waals surface area (Å²) in [6.45, 7) is 0. The summed E-state index contributed by atoms with van der Waals surface area (Å²) in [5.41, 5.74) is 0.761. The molecule has 168 valence electrons. The highest BCUT2D eigenvalue weighted by atomic mass is 35.5. The molecule has 1 aliphatic heterocycles. The number of nitrogens with zero attached hydrogens (tertiary/aromatic N) is 1.